The third-order valence-corrected chi connectivity index (χ3v) is 7.50. The van der Waals surface area contributed by atoms with Gasteiger partial charge in [-0.1, -0.05) is 31.2 Å². The van der Waals surface area contributed by atoms with Gasteiger partial charge in [-0.3, -0.25) is 4.79 Å². The summed E-state index contributed by atoms with van der Waals surface area (Å²) in [6.07, 6.45) is -0.00594. The highest BCUT2D eigenvalue weighted by atomic mass is 32.1. The van der Waals surface area contributed by atoms with E-state index in [1.807, 2.05) is 48.1 Å². The van der Waals surface area contributed by atoms with Crippen LogP contribution in [0.5, 0.6) is 0 Å². The van der Waals surface area contributed by atoms with Gasteiger partial charge in [0.05, 0.1) is 17.7 Å². The molecule has 0 saturated carbocycles. The van der Waals surface area contributed by atoms with Crippen LogP contribution in [0.1, 0.15) is 45.4 Å². The maximum absolute atomic E-state index is 13.9. The zero-order valence-electron chi connectivity index (χ0n) is 21.8. The number of aromatic nitrogens is 1. The number of aliphatic hydroxyl groups excluding tert-OH is 1. The largest absolute Gasteiger partial charge is 0.390 e. The highest BCUT2D eigenvalue weighted by Crippen LogP contribution is 2.26. The lowest BCUT2D eigenvalue weighted by Gasteiger charge is -2.25. The molecule has 0 bridgehead atoms. The first-order chi connectivity index (χ1) is 18.2. The molecule has 0 fully saturated rings. The summed E-state index contributed by atoms with van der Waals surface area (Å²) in [5.41, 5.74) is 5.14. The van der Waals surface area contributed by atoms with Crippen molar-refractivity contribution in [2.75, 3.05) is 6.54 Å². The highest BCUT2D eigenvalue weighted by molar-refractivity contribution is 7.13. The fourth-order valence-corrected chi connectivity index (χ4v) is 5.63. The number of nitrogens with zero attached hydrogens (tertiary/aromatic N) is 1. The zero-order chi connectivity index (χ0) is 27.2. The van der Waals surface area contributed by atoms with Crippen LogP contribution < -0.4 is 10.6 Å². The van der Waals surface area contributed by atoms with Crippen LogP contribution in [-0.2, 0) is 19.4 Å². The average molecular weight is 538 g/mol. The van der Waals surface area contributed by atoms with E-state index in [-0.39, 0.29) is 18.9 Å². The van der Waals surface area contributed by atoms with Gasteiger partial charge in [0.25, 0.3) is 5.91 Å². The van der Waals surface area contributed by atoms with E-state index in [1.54, 1.807) is 6.07 Å². The minimum Gasteiger partial charge on any atom is -0.390 e. The van der Waals surface area contributed by atoms with Crippen molar-refractivity contribution in [3.8, 4) is 5.00 Å². The number of carbonyl (C=O) groups is 1. The maximum Gasteiger partial charge on any atom is 0.254 e. The Morgan fingerprint density at radius 1 is 0.974 bits per heavy atom. The van der Waals surface area contributed by atoms with Gasteiger partial charge in [-0.25, -0.2) is 8.78 Å². The molecular weight excluding hydrogens is 504 g/mol. The Hall–Kier alpha value is -3.33. The first-order valence-electron chi connectivity index (χ1n) is 12.7. The van der Waals surface area contributed by atoms with E-state index in [1.165, 1.54) is 29.0 Å². The average Bonchev–Trinajstić information content (AvgIpc) is 3.48. The van der Waals surface area contributed by atoms with Gasteiger partial charge in [-0.05, 0) is 79.1 Å². The number of halogens is 2. The zero-order valence-corrected chi connectivity index (χ0v) is 22.6. The third kappa shape index (κ3) is 6.75. The molecule has 0 spiro atoms. The van der Waals surface area contributed by atoms with E-state index in [4.69, 9.17) is 0 Å². The topological polar surface area (TPSA) is 66.3 Å². The normalized spacial score (nSPS) is 12.9. The van der Waals surface area contributed by atoms with Gasteiger partial charge in [-0.2, -0.15) is 0 Å². The molecule has 0 unspecified atom stereocenters. The first-order valence-corrected chi connectivity index (χ1v) is 13.6. The SMILES string of the molecule is CCc1cccc(CNC[C@H](O)[C@H](Cc2cc(F)cc(F)c2)NC(=O)c2ccsc2-n2c(C)ccc2C)c1. The van der Waals surface area contributed by atoms with E-state index < -0.39 is 23.8 Å². The van der Waals surface area contributed by atoms with Crippen LogP contribution in [0.25, 0.3) is 5.00 Å². The summed E-state index contributed by atoms with van der Waals surface area (Å²) < 4.78 is 29.8. The van der Waals surface area contributed by atoms with Gasteiger partial charge in [0.2, 0.25) is 0 Å². The molecule has 2 aromatic carbocycles. The first kappa shape index (κ1) is 27.7. The molecule has 5 nitrogen and oxygen atoms in total. The fraction of sp³-hybridized carbons (Fsp3) is 0.300. The van der Waals surface area contributed by atoms with Crippen LogP contribution in [-0.4, -0.2) is 34.3 Å². The molecular formula is C30H33F2N3O2S. The second-order valence-electron chi connectivity index (χ2n) is 9.52. The van der Waals surface area contributed by atoms with Crippen molar-refractivity contribution in [1.29, 1.82) is 0 Å². The smallest absolute Gasteiger partial charge is 0.254 e. The number of hydrogen-bond donors (Lipinski definition) is 3. The molecule has 1 amide bonds. The Morgan fingerprint density at radius 2 is 1.66 bits per heavy atom. The molecule has 8 heteroatoms. The van der Waals surface area contributed by atoms with Gasteiger partial charge in [0, 0.05) is 30.5 Å². The third-order valence-electron chi connectivity index (χ3n) is 6.60. The Balaban J connectivity index is 1.52. The summed E-state index contributed by atoms with van der Waals surface area (Å²) in [6, 6.07) is 16.4. The molecule has 0 radical (unpaired) electrons. The standard InChI is InChI=1S/C30H33F2N3O2S/c1-4-21-6-5-7-22(12-21)17-33-18-28(36)27(15-23-13-24(31)16-25(32)14-23)34-29(37)26-10-11-38-30(26)35-19(2)8-9-20(35)3/h5-14,16,27-28,33,36H,4,15,17-18H2,1-3H3,(H,34,37)/t27-,28-/m0/s1. The van der Waals surface area contributed by atoms with Gasteiger partial charge >= 0.3 is 0 Å². The minimum atomic E-state index is -1.00. The second-order valence-corrected chi connectivity index (χ2v) is 10.4. The van der Waals surface area contributed by atoms with Gasteiger partial charge in [-0.15, -0.1) is 11.3 Å². The van der Waals surface area contributed by atoms with Crippen molar-refractivity contribution in [2.45, 2.75) is 52.3 Å². The molecule has 4 aromatic rings. The van der Waals surface area contributed by atoms with E-state index in [0.29, 0.717) is 17.7 Å². The number of amides is 1. The molecule has 4 rings (SSSR count). The number of carbonyl (C=O) groups excluding carboxylic acids is 1. The number of aryl methyl sites for hydroxylation is 3. The van der Waals surface area contributed by atoms with E-state index in [2.05, 4.69) is 29.7 Å². The Kier molecular flexibility index (Phi) is 9.09. The van der Waals surface area contributed by atoms with Crippen molar-refractivity contribution >= 4 is 17.2 Å². The van der Waals surface area contributed by atoms with Crippen LogP contribution in [0, 0.1) is 25.5 Å². The monoisotopic (exact) mass is 537 g/mol. The van der Waals surface area contributed by atoms with Crippen LogP contribution in [0.2, 0.25) is 0 Å². The Labute approximate surface area is 226 Å². The van der Waals surface area contributed by atoms with Gasteiger partial charge in [0.1, 0.15) is 16.6 Å². The number of aliphatic hydroxyl groups is 1. The molecule has 0 aliphatic carbocycles. The summed E-state index contributed by atoms with van der Waals surface area (Å²) in [6.45, 7) is 6.77. The molecule has 2 heterocycles. The van der Waals surface area contributed by atoms with E-state index >= 15 is 0 Å². The van der Waals surface area contributed by atoms with E-state index in [9.17, 15) is 18.7 Å². The highest BCUT2D eigenvalue weighted by Gasteiger charge is 2.25. The summed E-state index contributed by atoms with van der Waals surface area (Å²) in [7, 11) is 0. The summed E-state index contributed by atoms with van der Waals surface area (Å²) in [5, 5.41) is 19.9. The van der Waals surface area contributed by atoms with Crippen LogP contribution in [0.3, 0.4) is 0 Å². The maximum atomic E-state index is 13.9. The second kappa shape index (κ2) is 12.5. The lowest BCUT2D eigenvalue weighted by atomic mass is 10.00. The summed E-state index contributed by atoms with van der Waals surface area (Å²) in [4.78, 5) is 13.5. The molecule has 0 aliphatic heterocycles. The van der Waals surface area contributed by atoms with Crippen molar-refractivity contribution < 1.29 is 18.7 Å². The van der Waals surface area contributed by atoms with Crippen molar-refractivity contribution in [3.05, 3.63) is 111 Å². The number of hydrogen-bond acceptors (Lipinski definition) is 4. The molecule has 2 atom stereocenters. The Morgan fingerprint density at radius 3 is 2.34 bits per heavy atom. The summed E-state index contributed by atoms with van der Waals surface area (Å²) in [5.74, 6) is -1.76. The van der Waals surface area contributed by atoms with Gasteiger partial charge in [0.15, 0.2) is 0 Å². The minimum absolute atomic E-state index is 0.0651. The predicted molar refractivity (Wildman–Crippen MR) is 148 cm³/mol. The van der Waals surface area contributed by atoms with Crippen molar-refractivity contribution in [3.63, 3.8) is 0 Å². The number of benzene rings is 2. The lowest BCUT2D eigenvalue weighted by molar-refractivity contribution is 0.0830. The van der Waals surface area contributed by atoms with Crippen molar-refractivity contribution in [1.82, 2.24) is 15.2 Å². The Bertz CT molecular complexity index is 1360. The molecule has 200 valence electrons. The fourth-order valence-electron chi connectivity index (χ4n) is 4.61. The molecule has 38 heavy (non-hydrogen) atoms. The molecule has 0 aliphatic rings. The van der Waals surface area contributed by atoms with Crippen LogP contribution in [0.4, 0.5) is 8.78 Å². The lowest BCUT2D eigenvalue weighted by Crippen LogP contribution is -2.48. The van der Waals surface area contributed by atoms with E-state index in [0.717, 1.165) is 34.4 Å². The van der Waals surface area contributed by atoms with Crippen LogP contribution >= 0.6 is 11.3 Å². The van der Waals surface area contributed by atoms with Crippen molar-refractivity contribution in [2.24, 2.45) is 0 Å². The number of thiophene rings is 1. The molecule has 2 aromatic heterocycles. The predicted octanol–water partition coefficient (Wildman–Crippen LogP) is 5.49. The molecule has 3 N–H and O–H groups in total. The number of nitrogens with one attached hydrogen (secondary N) is 2. The van der Waals surface area contributed by atoms with Gasteiger partial charge < -0.3 is 20.3 Å². The molecule has 0 saturated heterocycles. The van der Waals surface area contributed by atoms with Crippen LogP contribution in [0.15, 0.2) is 66.0 Å². The quantitative estimate of drug-likeness (QED) is 0.237. The number of rotatable bonds is 11. The summed E-state index contributed by atoms with van der Waals surface area (Å²) >= 11 is 1.45.